The van der Waals surface area contributed by atoms with Crippen LogP contribution in [0.4, 0.5) is 0 Å². The van der Waals surface area contributed by atoms with Crippen molar-refractivity contribution >= 4 is 29.0 Å². The van der Waals surface area contributed by atoms with Crippen molar-refractivity contribution in [3.05, 3.63) is 0 Å². The largest absolute Gasteiger partial charge is 0.297 e. The van der Waals surface area contributed by atoms with Crippen LogP contribution in [0.1, 0.15) is 32.6 Å². The van der Waals surface area contributed by atoms with Crippen molar-refractivity contribution in [2.75, 3.05) is 0 Å². The van der Waals surface area contributed by atoms with E-state index in [1.54, 1.807) is 0 Å². The smallest absolute Gasteiger partial charge is 0.165 e. The van der Waals surface area contributed by atoms with Crippen molar-refractivity contribution in [3.8, 4) is 0 Å². The maximum atomic E-state index is 10.8. The van der Waals surface area contributed by atoms with E-state index in [0.717, 1.165) is 19.3 Å². The Morgan fingerprint density at radius 3 is 2.40 bits per heavy atom. The van der Waals surface area contributed by atoms with Gasteiger partial charge in [-0.2, -0.15) is 0 Å². The fraction of sp³-hybridized carbons (Fsp3) is 0.857. The summed E-state index contributed by atoms with van der Waals surface area (Å²) in [6.45, 7) is 2.09. The van der Waals surface area contributed by atoms with Gasteiger partial charge in [-0.25, -0.2) is 0 Å². The van der Waals surface area contributed by atoms with E-state index in [4.69, 9.17) is 23.2 Å². The number of rotatable bonds is 5. The van der Waals surface area contributed by atoms with Gasteiger partial charge >= 0.3 is 0 Å². The molecular weight excluding hydrogens is 171 g/mol. The van der Waals surface area contributed by atoms with Crippen molar-refractivity contribution in [1.29, 1.82) is 0 Å². The van der Waals surface area contributed by atoms with Gasteiger partial charge in [-0.3, -0.25) is 4.79 Å². The predicted octanol–water partition coefficient (Wildman–Crippen LogP) is 2.94. The van der Waals surface area contributed by atoms with E-state index < -0.39 is 4.84 Å². The molecule has 0 spiro atoms. The van der Waals surface area contributed by atoms with Crippen molar-refractivity contribution in [1.82, 2.24) is 0 Å². The average molecular weight is 183 g/mol. The highest BCUT2D eigenvalue weighted by Gasteiger charge is 2.09. The van der Waals surface area contributed by atoms with Crippen LogP contribution < -0.4 is 0 Å². The first-order valence-corrected chi connectivity index (χ1v) is 4.36. The second kappa shape index (κ2) is 5.99. The number of ketones is 1. The third kappa shape index (κ3) is 5.07. The van der Waals surface area contributed by atoms with E-state index in [2.05, 4.69) is 6.92 Å². The summed E-state index contributed by atoms with van der Waals surface area (Å²) < 4.78 is 0. The third-order valence-electron chi connectivity index (χ3n) is 1.27. The molecule has 0 heterocycles. The van der Waals surface area contributed by atoms with Crippen LogP contribution in [0.15, 0.2) is 0 Å². The number of unbranched alkanes of at least 4 members (excludes halogenated alkanes) is 2. The van der Waals surface area contributed by atoms with Crippen LogP contribution in [0.2, 0.25) is 0 Å². The quantitative estimate of drug-likeness (QED) is 0.473. The van der Waals surface area contributed by atoms with Crippen LogP contribution in [0.5, 0.6) is 0 Å². The minimum atomic E-state index is -0.822. The fourth-order valence-corrected chi connectivity index (χ4v) is 0.877. The molecule has 0 aliphatic carbocycles. The van der Waals surface area contributed by atoms with E-state index in [-0.39, 0.29) is 5.78 Å². The first kappa shape index (κ1) is 10.2. The predicted molar refractivity (Wildman–Crippen MR) is 44.6 cm³/mol. The van der Waals surface area contributed by atoms with E-state index in [0.29, 0.717) is 6.42 Å². The molecule has 0 bridgehead atoms. The molecule has 0 amide bonds. The highest BCUT2D eigenvalue weighted by atomic mass is 35.5. The molecular formula is C7H12Cl2O. The van der Waals surface area contributed by atoms with Crippen molar-refractivity contribution in [3.63, 3.8) is 0 Å². The Morgan fingerprint density at radius 2 is 2.00 bits per heavy atom. The number of carbonyl (C=O) groups is 1. The minimum absolute atomic E-state index is 0.0585. The van der Waals surface area contributed by atoms with Crippen LogP contribution in [0, 0.1) is 0 Å². The molecule has 0 aromatic carbocycles. The Bertz CT molecular complexity index is 102. The summed E-state index contributed by atoms with van der Waals surface area (Å²) in [6.07, 6.45) is 3.62. The molecule has 0 rings (SSSR count). The monoisotopic (exact) mass is 182 g/mol. The fourth-order valence-electron chi connectivity index (χ4n) is 0.658. The topological polar surface area (TPSA) is 17.1 Å². The molecule has 0 aliphatic heterocycles. The zero-order valence-corrected chi connectivity index (χ0v) is 7.58. The van der Waals surface area contributed by atoms with Gasteiger partial charge in [-0.15, -0.1) is 0 Å². The lowest BCUT2D eigenvalue weighted by Gasteiger charge is -1.98. The summed E-state index contributed by atoms with van der Waals surface area (Å²) in [5.74, 6) is -0.0585. The van der Waals surface area contributed by atoms with Gasteiger partial charge in [0.05, 0.1) is 0 Å². The average Bonchev–Trinajstić information content (AvgIpc) is 1.88. The molecule has 0 unspecified atom stereocenters. The molecule has 0 N–H and O–H groups in total. The van der Waals surface area contributed by atoms with Crippen LogP contribution in [-0.2, 0) is 4.79 Å². The Hall–Kier alpha value is 0.250. The van der Waals surface area contributed by atoms with Crippen molar-refractivity contribution in [2.45, 2.75) is 37.4 Å². The number of hydrogen-bond donors (Lipinski definition) is 0. The molecule has 60 valence electrons. The minimum Gasteiger partial charge on any atom is -0.297 e. The SMILES string of the molecule is CCCCCC(=O)C(Cl)Cl. The molecule has 0 aromatic rings. The van der Waals surface area contributed by atoms with Gasteiger partial charge in [0, 0.05) is 6.42 Å². The molecule has 0 radical (unpaired) electrons. The molecule has 0 saturated carbocycles. The molecule has 0 aromatic heterocycles. The zero-order valence-electron chi connectivity index (χ0n) is 6.07. The van der Waals surface area contributed by atoms with Crippen LogP contribution in [-0.4, -0.2) is 10.6 Å². The summed E-state index contributed by atoms with van der Waals surface area (Å²) in [5.41, 5.74) is 0. The van der Waals surface area contributed by atoms with E-state index in [9.17, 15) is 4.79 Å². The lowest BCUT2D eigenvalue weighted by atomic mass is 10.1. The lowest BCUT2D eigenvalue weighted by Crippen LogP contribution is -2.06. The molecule has 0 atom stereocenters. The maximum absolute atomic E-state index is 10.8. The Labute approximate surface area is 71.7 Å². The zero-order chi connectivity index (χ0) is 7.98. The van der Waals surface area contributed by atoms with E-state index in [1.807, 2.05) is 0 Å². The molecule has 0 aliphatic rings. The summed E-state index contributed by atoms with van der Waals surface area (Å²) >= 11 is 10.6. The standard InChI is InChI=1S/C7H12Cl2O/c1-2-3-4-5-6(10)7(8)9/h7H,2-5H2,1H3. The van der Waals surface area contributed by atoms with Crippen LogP contribution in [0.3, 0.4) is 0 Å². The molecule has 10 heavy (non-hydrogen) atoms. The summed E-state index contributed by atoms with van der Waals surface area (Å²) in [4.78, 5) is 9.93. The van der Waals surface area contributed by atoms with Gasteiger partial charge in [-0.1, -0.05) is 43.0 Å². The first-order valence-electron chi connectivity index (χ1n) is 3.49. The van der Waals surface area contributed by atoms with E-state index in [1.165, 1.54) is 0 Å². The molecule has 0 fully saturated rings. The van der Waals surface area contributed by atoms with Gasteiger partial charge in [-0.05, 0) is 6.42 Å². The number of alkyl halides is 2. The highest BCUT2D eigenvalue weighted by molar-refractivity contribution is 6.53. The second-order valence-corrected chi connectivity index (χ2v) is 3.32. The lowest BCUT2D eigenvalue weighted by molar-refractivity contribution is -0.117. The van der Waals surface area contributed by atoms with Gasteiger partial charge < -0.3 is 0 Å². The van der Waals surface area contributed by atoms with Gasteiger partial charge in [0.2, 0.25) is 0 Å². The molecule has 1 nitrogen and oxygen atoms in total. The maximum Gasteiger partial charge on any atom is 0.165 e. The number of Topliss-reactive ketones (excluding diaryl/α,β-unsaturated/α-hetero) is 1. The summed E-state index contributed by atoms with van der Waals surface area (Å²) in [6, 6.07) is 0. The van der Waals surface area contributed by atoms with Gasteiger partial charge in [0.15, 0.2) is 10.6 Å². The normalized spacial score (nSPS) is 10.4. The third-order valence-corrected chi connectivity index (χ3v) is 1.76. The Balaban J connectivity index is 3.22. The van der Waals surface area contributed by atoms with Crippen LogP contribution >= 0.6 is 23.2 Å². The number of hydrogen-bond acceptors (Lipinski definition) is 1. The second-order valence-electron chi connectivity index (χ2n) is 2.22. The Kier molecular flexibility index (Phi) is 6.14. The first-order chi connectivity index (χ1) is 4.68. The molecule has 0 saturated heterocycles. The van der Waals surface area contributed by atoms with Gasteiger partial charge in [0.1, 0.15) is 0 Å². The summed E-state index contributed by atoms with van der Waals surface area (Å²) in [7, 11) is 0. The summed E-state index contributed by atoms with van der Waals surface area (Å²) in [5, 5.41) is 0. The van der Waals surface area contributed by atoms with Crippen molar-refractivity contribution in [2.24, 2.45) is 0 Å². The molecule has 3 heteroatoms. The van der Waals surface area contributed by atoms with Gasteiger partial charge in [0.25, 0.3) is 0 Å². The number of carbonyl (C=O) groups excluding carboxylic acids is 1. The highest BCUT2D eigenvalue weighted by Crippen LogP contribution is 2.09. The van der Waals surface area contributed by atoms with Crippen LogP contribution in [0.25, 0.3) is 0 Å². The van der Waals surface area contributed by atoms with E-state index >= 15 is 0 Å². The van der Waals surface area contributed by atoms with Crippen molar-refractivity contribution < 1.29 is 4.79 Å². The Morgan fingerprint density at radius 1 is 1.40 bits per heavy atom. The number of halogens is 2.